The molecule has 3 heterocycles. The summed E-state index contributed by atoms with van der Waals surface area (Å²) in [6.45, 7) is 6.02. The van der Waals surface area contributed by atoms with Crippen molar-refractivity contribution in [2.24, 2.45) is 5.92 Å². The van der Waals surface area contributed by atoms with Crippen LogP contribution in [-0.2, 0) is 10.9 Å². The van der Waals surface area contributed by atoms with E-state index >= 15 is 0 Å². The van der Waals surface area contributed by atoms with Gasteiger partial charge in [-0.15, -0.1) is 0 Å². The Morgan fingerprint density at radius 1 is 1.19 bits per heavy atom. The minimum atomic E-state index is -4.54. The summed E-state index contributed by atoms with van der Waals surface area (Å²) in [6, 6.07) is -0.182. The number of aromatic nitrogens is 2. The number of alkyl halides is 3. The van der Waals surface area contributed by atoms with Crippen molar-refractivity contribution in [3.8, 4) is 5.88 Å². The van der Waals surface area contributed by atoms with Crippen LogP contribution in [0, 0.1) is 5.92 Å². The normalized spacial score (nSPS) is 25.9. The molecule has 1 aromatic rings. The van der Waals surface area contributed by atoms with Crippen LogP contribution in [0.5, 0.6) is 5.88 Å². The quantitative estimate of drug-likeness (QED) is 0.792. The maximum Gasteiger partial charge on any atom is 0.434 e. The highest BCUT2D eigenvalue weighted by atomic mass is 19.4. The summed E-state index contributed by atoms with van der Waals surface area (Å²) in [6.07, 6.45) is -1.15. The molecule has 2 aliphatic heterocycles. The molecule has 1 aliphatic carbocycles. The third kappa shape index (κ3) is 4.19. The molecule has 4 rings (SSSR count). The molecule has 9 heteroatoms. The van der Waals surface area contributed by atoms with Gasteiger partial charge in [-0.1, -0.05) is 0 Å². The molecule has 3 aliphatic rings. The molecule has 0 radical (unpaired) electrons. The largest absolute Gasteiger partial charge is 0.471 e. The predicted molar refractivity (Wildman–Crippen MR) is 85.5 cm³/mol. The van der Waals surface area contributed by atoms with E-state index in [1.165, 1.54) is 0 Å². The van der Waals surface area contributed by atoms with Crippen LogP contribution >= 0.6 is 0 Å². The standard InChI is InChI=1S/C17H22F3N3O3/c1-16(2,3)26-15(24)23-9-10-4-5-11(23)12(6-10)25-14-8-21-13(7-22-14)17(18,19)20/h7-8,10-12H,4-6,9H2,1-3H3/t10-,11+,12-/m1/s1. The molecular weight excluding hydrogens is 351 g/mol. The fourth-order valence-electron chi connectivity index (χ4n) is 3.47. The molecule has 0 spiro atoms. The molecule has 1 amide bonds. The van der Waals surface area contributed by atoms with Crippen LogP contribution in [-0.4, -0.2) is 45.3 Å². The van der Waals surface area contributed by atoms with E-state index < -0.39 is 17.5 Å². The van der Waals surface area contributed by atoms with Crippen LogP contribution in [0.4, 0.5) is 18.0 Å². The summed E-state index contributed by atoms with van der Waals surface area (Å²) in [5.74, 6) is 0.305. The van der Waals surface area contributed by atoms with Crippen molar-refractivity contribution in [1.29, 1.82) is 0 Å². The SMILES string of the molecule is CC(C)(C)OC(=O)N1C[C@@H]2CC[C@H]1[C@H](Oc1cnc(C(F)(F)F)cn1)C2. The van der Waals surface area contributed by atoms with Gasteiger partial charge in [0.1, 0.15) is 11.7 Å². The highest BCUT2D eigenvalue weighted by Crippen LogP contribution is 2.38. The minimum Gasteiger partial charge on any atom is -0.471 e. The van der Waals surface area contributed by atoms with Crippen LogP contribution in [0.3, 0.4) is 0 Å². The zero-order chi connectivity index (χ0) is 19.1. The maximum absolute atomic E-state index is 12.6. The Kier molecular flexibility index (Phi) is 4.74. The van der Waals surface area contributed by atoms with E-state index in [0.29, 0.717) is 12.7 Å². The van der Waals surface area contributed by atoms with Gasteiger partial charge in [0.15, 0.2) is 5.69 Å². The van der Waals surface area contributed by atoms with Gasteiger partial charge in [0.2, 0.25) is 5.88 Å². The third-order valence-corrected chi connectivity index (χ3v) is 4.54. The lowest BCUT2D eigenvalue weighted by Gasteiger charge is -2.49. The van der Waals surface area contributed by atoms with Gasteiger partial charge in [0.25, 0.3) is 0 Å². The molecule has 3 atom stereocenters. The first-order valence-corrected chi connectivity index (χ1v) is 8.58. The first-order valence-electron chi connectivity index (χ1n) is 8.58. The molecule has 2 saturated heterocycles. The van der Waals surface area contributed by atoms with Crippen LogP contribution in [0.1, 0.15) is 45.7 Å². The van der Waals surface area contributed by atoms with Gasteiger partial charge >= 0.3 is 12.3 Å². The number of fused-ring (bicyclic) bond motifs is 3. The van der Waals surface area contributed by atoms with E-state index in [9.17, 15) is 18.0 Å². The summed E-state index contributed by atoms with van der Waals surface area (Å²) in [5.41, 5.74) is -1.66. The fraction of sp³-hybridized carbons (Fsp3) is 0.706. The Morgan fingerprint density at radius 2 is 1.92 bits per heavy atom. The maximum atomic E-state index is 12.6. The van der Waals surface area contributed by atoms with E-state index in [0.717, 1.165) is 25.5 Å². The van der Waals surface area contributed by atoms with Crippen LogP contribution < -0.4 is 4.74 Å². The molecule has 0 aromatic carbocycles. The number of nitrogens with zero attached hydrogens (tertiary/aromatic N) is 3. The van der Waals surface area contributed by atoms with E-state index in [1.54, 1.807) is 25.7 Å². The van der Waals surface area contributed by atoms with Crippen molar-refractivity contribution in [3.63, 3.8) is 0 Å². The third-order valence-electron chi connectivity index (χ3n) is 4.54. The second-order valence-corrected chi connectivity index (χ2v) is 7.77. The zero-order valence-electron chi connectivity index (χ0n) is 14.9. The monoisotopic (exact) mass is 373 g/mol. The van der Waals surface area contributed by atoms with Crippen molar-refractivity contribution in [2.75, 3.05) is 6.54 Å². The van der Waals surface area contributed by atoms with Crippen molar-refractivity contribution in [1.82, 2.24) is 14.9 Å². The molecule has 26 heavy (non-hydrogen) atoms. The highest BCUT2D eigenvalue weighted by molar-refractivity contribution is 5.69. The zero-order valence-corrected chi connectivity index (χ0v) is 14.9. The molecule has 1 aromatic heterocycles. The number of carbonyl (C=O) groups excluding carboxylic acids is 1. The number of halogens is 3. The molecule has 6 nitrogen and oxygen atoms in total. The van der Waals surface area contributed by atoms with Crippen molar-refractivity contribution >= 4 is 6.09 Å². The highest BCUT2D eigenvalue weighted by Gasteiger charge is 2.45. The number of piperidine rings is 2. The van der Waals surface area contributed by atoms with Gasteiger partial charge in [-0.2, -0.15) is 13.2 Å². The summed E-state index contributed by atoms with van der Waals surface area (Å²) in [7, 11) is 0. The Balaban J connectivity index is 1.70. The lowest BCUT2D eigenvalue weighted by Crippen LogP contribution is -2.60. The van der Waals surface area contributed by atoms with Crippen LogP contribution in [0.25, 0.3) is 0 Å². The van der Waals surface area contributed by atoms with E-state index in [-0.39, 0.29) is 30.0 Å². The van der Waals surface area contributed by atoms with Gasteiger partial charge < -0.3 is 14.4 Å². The number of amides is 1. The predicted octanol–water partition coefficient (Wildman–Crippen LogP) is 3.66. The lowest BCUT2D eigenvalue weighted by atomic mass is 9.78. The molecule has 2 bridgehead atoms. The molecular formula is C17H22F3N3O3. The summed E-state index contributed by atoms with van der Waals surface area (Å²) in [5, 5.41) is 0. The number of hydrogen-bond donors (Lipinski definition) is 0. The Morgan fingerprint density at radius 3 is 2.46 bits per heavy atom. The Bertz CT molecular complexity index is 658. The Hall–Kier alpha value is -2.06. The van der Waals surface area contributed by atoms with E-state index in [4.69, 9.17) is 9.47 Å². The molecule has 0 unspecified atom stereocenters. The topological polar surface area (TPSA) is 64.5 Å². The summed E-state index contributed by atoms with van der Waals surface area (Å²) < 4.78 is 49.0. The van der Waals surface area contributed by atoms with Gasteiger partial charge in [-0.3, -0.25) is 0 Å². The van der Waals surface area contributed by atoms with Crippen molar-refractivity contribution in [2.45, 2.75) is 64.0 Å². The second kappa shape index (κ2) is 6.59. The molecule has 144 valence electrons. The van der Waals surface area contributed by atoms with Gasteiger partial charge in [-0.05, 0) is 46.0 Å². The van der Waals surface area contributed by atoms with E-state index in [1.807, 2.05) is 0 Å². The molecule has 3 fully saturated rings. The number of carbonyl (C=O) groups is 1. The van der Waals surface area contributed by atoms with Crippen molar-refractivity contribution < 1.29 is 27.4 Å². The fourth-order valence-corrected chi connectivity index (χ4v) is 3.47. The molecule has 0 N–H and O–H groups in total. The first-order chi connectivity index (χ1) is 12.0. The van der Waals surface area contributed by atoms with Crippen molar-refractivity contribution in [3.05, 3.63) is 18.1 Å². The lowest BCUT2D eigenvalue weighted by molar-refractivity contribution is -0.141. The smallest absolute Gasteiger partial charge is 0.434 e. The number of hydrogen-bond acceptors (Lipinski definition) is 5. The average molecular weight is 373 g/mol. The average Bonchev–Trinajstić information content (AvgIpc) is 2.53. The molecule has 1 saturated carbocycles. The Labute approximate surface area is 149 Å². The van der Waals surface area contributed by atoms with Crippen LogP contribution in [0.2, 0.25) is 0 Å². The van der Waals surface area contributed by atoms with Gasteiger partial charge in [0, 0.05) is 6.54 Å². The number of ether oxygens (including phenoxy) is 2. The summed E-state index contributed by atoms with van der Waals surface area (Å²) >= 11 is 0. The minimum absolute atomic E-state index is 0.0275. The first kappa shape index (κ1) is 18.7. The summed E-state index contributed by atoms with van der Waals surface area (Å²) in [4.78, 5) is 21.2. The van der Waals surface area contributed by atoms with Crippen LogP contribution in [0.15, 0.2) is 12.4 Å². The second-order valence-electron chi connectivity index (χ2n) is 7.77. The number of rotatable bonds is 2. The van der Waals surface area contributed by atoms with Gasteiger partial charge in [-0.25, -0.2) is 14.8 Å². The van der Waals surface area contributed by atoms with Gasteiger partial charge in [0.05, 0.1) is 18.4 Å². The van der Waals surface area contributed by atoms with E-state index in [2.05, 4.69) is 9.97 Å².